The van der Waals surface area contributed by atoms with Crippen molar-refractivity contribution in [1.29, 1.82) is 0 Å². The number of benzene rings is 1. The molecule has 7 heteroatoms. The Morgan fingerprint density at radius 2 is 2.04 bits per heavy atom. The van der Waals surface area contributed by atoms with Crippen molar-refractivity contribution in [3.8, 4) is 0 Å². The van der Waals surface area contributed by atoms with Crippen LogP contribution < -0.4 is 4.90 Å². The summed E-state index contributed by atoms with van der Waals surface area (Å²) in [5.41, 5.74) is 2.09. The van der Waals surface area contributed by atoms with E-state index in [9.17, 15) is 18.0 Å². The van der Waals surface area contributed by atoms with Crippen molar-refractivity contribution in [2.24, 2.45) is 0 Å². The summed E-state index contributed by atoms with van der Waals surface area (Å²) in [6, 6.07) is 7.81. The zero-order valence-corrected chi connectivity index (χ0v) is 13.4. The van der Waals surface area contributed by atoms with Gasteiger partial charge >= 0.3 is 6.18 Å². The maximum atomic E-state index is 12.7. The van der Waals surface area contributed by atoms with Crippen molar-refractivity contribution >= 4 is 11.6 Å². The zero-order chi connectivity index (χ0) is 17.2. The van der Waals surface area contributed by atoms with E-state index in [4.69, 9.17) is 4.74 Å². The first-order valence-electron chi connectivity index (χ1n) is 8.24. The number of para-hydroxylation sites is 1. The summed E-state index contributed by atoms with van der Waals surface area (Å²) in [6.07, 6.45) is -4.02. The van der Waals surface area contributed by atoms with E-state index in [0.29, 0.717) is 19.6 Å². The third-order valence-corrected chi connectivity index (χ3v) is 4.57. The number of ether oxygens (including phenoxy) is 1. The highest BCUT2D eigenvalue weighted by molar-refractivity contribution is 5.94. The highest BCUT2D eigenvalue weighted by Crippen LogP contribution is 2.28. The zero-order valence-electron chi connectivity index (χ0n) is 13.4. The van der Waals surface area contributed by atoms with Gasteiger partial charge in [0.25, 0.3) is 0 Å². The first kappa shape index (κ1) is 17.2. The lowest BCUT2D eigenvalue weighted by molar-refractivity contribution is -0.237. The predicted molar refractivity (Wildman–Crippen MR) is 84.0 cm³/mol. The van der Waals surface area contributed by atoms with Crippen LogP contribution in [0.1, 0.15) is 18.4 Å². The molecule has 0 unspecified atom stereocenters. The van der Waals surface area contributed by atoms with E-state index in [1.807, 2.05) is 24.3 Å². The Kier molecular flexibility index (Phi) is 5.10. The van der Waals surface area contributed by atoms with Gasteiger partial charge in [-0.25, -0.2) is 0 Å². The largest absolute Gasteiger partial charge is 0.415 e. The first-order chi connectivity index (χ1) is 11.4. The molecular formula is C17H21F3N2O2. The molecule has 1 amide bonds. The van der Waals surface area contributed by atoms with E-state index in [2.05, 4.69) is 0 Å². The predicted octanol–water partition coefficient (Wildman–Crippen LogP) is 2.62. The molecule has 0 saturated carbocycles. The molecule has 1 aromatic carbocycles. The van der Waals surface area contributed by atoms with Crippen LogP contribution in [0.4, 0.5) is 18.9 Å². The van der Waals surface area contributed by atoms with Crippen molar-refractivity contribution in [1.82, 2.24) is 4.90 Å². The molecule has 0 radical (unpaired) electrons. The molecule has 0 aromatic heterocycles. The minimum absolute atomic E-state index is 0.0304. The van der Waals surface area contributed by atoms with Crippen LogP contribution in [0.15, 0.2) is 24.3 Å². The minimum Gasteiger partial charge on any atom is -0.366 e. The van der Waals surface area contributed by atoms with Crippen LogP contribution in [-0.2, 0) is 16.0 Å². The number of amides is 1. The van der Waals surface area contributed by atoms with E-state index in [0.717, 1.165) is 24.1 Å². The van der Waals surface area contributed by atoms with Gasteiger partial charge in [0.1, 0.15) is 0 Å². The summed E-state index contributed by atoms with van der Waals surface area (Å²) >= 11 is 0. The fourth-order valence-corrected chi connectivity index (χ4v) is 3.29. The van der Waals surface area contributed by atoms with Crippen molar-refractivity contribution in [2.75, 3.05) is 37.7 Å². The summed E-state index contributed by atoms with van der Waals surface area (Å²) in [5, 5.41) is 0. The van der Waals surface area contributed by atoms with Gasteiger partial charge in [-0.3, -0.25) is 9.69 Å². The van der Waals surface area contributed by atoms with Gasteiger partial charge in [0.05, 0.1) is 6.61 Å². The van der Waals surface area contributed by atoms with Gasteiger partial charge in [-0.05, 0) is 24.5 Å². The Hall–Kier alpha value is -1.60. The topological polar surface area (TPSA) is 32.8 Å². The van der Waals surface area contributed by atoms with Crippen LogP contribution in [0.25, 0.3) is 0 Å². The molecule has 2 aliphatic rings. The molecule has 3 rings (SSSR count). The molecule has 1 saturated heterocycles. The van der Waals surface area contributed by atoms with Gasteiger partial charge < -0.3 is 9.64 Å². The average molecular weight is 342 g/mol. The standard InChI is InChI=1S/C17H21F3N2O2/c18-17(19,20)15-12-21(10-11-24-15)9-7-16(23)22-8-3-5-13-4-1-2-6-14(13)22/h1-2,4,6,15H,3,5,7-12H2/t15-/m1/s1. The Balaban J connectivity index is 1.57. The average Bonchev–Trinajstić information content (AvgIpc) is 2.58. The molecule has 4 nitrogen and oxygen atoms in total. The number of hydrogen-bond donors (Lipinski definition) is 0. The molecule has 1 atom stereocenters. The Bertz CT molecular complexity index is 591. The van der Waals surface area contributed by atoms with Crippen LogP contribution in [-0.4, -0.2) is 55.9 Å². The Morgan fingerprint density at radius 3 is 2.83 bits per heavy atom. The first-order valence-corrected chi connectivity index (χ1v) is 8.24. The van der Waals surface area contributed by atoms with Crippen LogP contribution in [0.5, 0.6) is 0 Å². The number of morpholine rings is 1. The molecule has 1 aromatic rings. The lowest BCUT2D eigenvalue weighted by Crippen LogP contribution is -2.50. The van der Waals surface area contributed by atoms with Crippen molar-refractivity contribution < 1.29 is 22.7 Å². The molecule has 24 heavy (non-hydrogen) atoms. The molecule has 0 aliphatic carbocycles. The number of carbonyl (C=O) groups is 1. The van der Waals surface area contributed by atoms with E-state index < -0.39 is 12.3 Å². The van der Waals surface area contributed by atoms with Crippen molar-refractivity contribution in [3.05, 3.63) is 29.8 Å². The number of rotatable bonds is 3. The normalized spacial score (nSPS) is 22.3. The molecule has 0 bridgehead atoms. The lowest BCUT2D eigenvalue weighted by Gasteiger charge is -2.34. The fourth-order valence-electron chi connectivity index (χ4n) is 3.29. The molecule has 132 valence electrons. The second-order valence-corrected chi connectivity index (χ2v) is 6.23. The fraction of sp³-hybridized carbons (Fsp3) is 0.588. The summed E-state index contributed by atoms with van der Waals surface area (Å²) in [6.45, 7) is 1.27. The second-order valence-electron chi connectivity index (χ2n) is 6.23. The molecule has 2 aliphatic heterocycles. The number of nitrogens with zero attached hydrogens (tertiary/aromatic N) is 2. The van der Waals surface area contributed by atoms with Gasteiger partial charge in [0.2, 0.25) is 5.91 Å². The van der Waals surface area contributed by atoms with E-state index >= 15 is 0 Å². The van der Waals surface area contributed by atoms with Crippen molar-refractivity contribution in [3.63, 3.8) is 0 Å². The van der Waals surface area contributed by atoms with Crippen molar-refractivity contribution in [2.45, 2.75) is 31.5 Å². The maximum absolute atomic E-state index is 12.7. The van der Waals surface area contributed by atoms with Crippen LogP contribution in [0.3, 0.4) is 0 Å². The maximum Gasteiger partial charge on any atom is 0.415 e. The van der Waals surface area contributed by atoms with Crippen LogP contribution >= 0.6 is 0 Å². The van der Waals surface area contributed by atoms with Gasteiger partial charge in [0, 0.05) is 38.3 Å². The minimum atomic E-state index is -4.35. The third kappa shape index (κ3) is 3.89. The summed E-state index contributed by atoms with van der Waals surface area (Å²) < 4.78 is 43.0. The molecule has 0 N–H and O–H groups in total. The smallest absolute Gasteiger partial charge is 0.366 e. The number of fused-ring (bicyclic) bond motifs is 1. The van der Waals surface area contributed by atoms with E-state index in [1.54, 1.807) is 9.80 Å². The molecular weight excluding hydrogens is 321 g/mol. The Labute approximate surface area is 139 Å². The number of carbonyl (C=O) groups excluding carboxylic acids is 1. The number of halogens is 3. The molecule has 2 heterocycles. The molecule has 1 fully saturated rings. The van der Waals surface area contributed by atoms with Crippen LogP contribution in [0.2, 0.25) is 0 Å². The monoisotopic (exact) mass is 342 g/mol. The highest BCUT2D eigenvalue weighted by Gasteiger charge is 2.43. The van der Waals surface area contributed by atoms with Gasteiger partial charge in [-0.2, -0.15) is 13.2 Å². The van der Waals surface area contributed by atoms with Gasteiger partial charge in [-0.1, -0.05) is 18.2 Å². The number of alkyl halides is 3. The van der Waals surface area contributed by atoms with Crippen LogP contribution in [0, 0.1) is 0 Å². The second kappa shape index (κ2) is 7.11. The van der Waals surface area contributed by atoms with E-state index in [-0.39, 0.29) is 25.5 Å². The molecule has 0 spiro atoms. The number of aryl methyl sites for hydroxylation is 1. The van der Waals surface area contributed by atoms with Gasteiger partial charge in [-0.15, -0.1) is 0 Å². The lowest BCUT2D eigenvalue weighted by atomic mass is 10.0. The SMILES string of the molecule is O=C(CCN1CCO[C@@H](C(F)(F)F)C1)N1CCCc2ccccc21. The number of hydrogen-bond acceptors (Lipinski definition) is 3. The van der Waals surface area contributed by atoms with E-state index in [1.165, 1.54) is 0 Å². The highest BCUT2D eigenvalue weighted by atomic mass is 19.4. The Morgan fingerprint density at radius 1 is 1.25 bits per heavy atom. The van der Waals surface area contributed by atoms with Gasteiger partial charge in [0.15, 0.2) is 6.10 Å². The third-order valence-electron chi connectivity index (χ3n) is 4.57. The number of anilines is 1. The summed E-state index contributed by atoms with van der Waals surface area (Å²) in [4.78, 5) is 16.0. The summed E-state index contributed by atoms with van der Waals surface area (Å²) in [5.74, 6) is -0.0304. The summed E-state index contributed by atoms with van der Waals surface area (Å²) in [7, 11) is 0. The quantitative estimate of drug-likeness (QED) is 0.847.